The number of H-pyrrole nitrogens is 1. The van der Waals surface area contributed by atoms with Crippen molar-refractivity contribution in [1.29, 1.82) is 0 Å². The van der Waals surface area contributed by atoms with Crippen molar-refractivity contribution >= 4 is 17.5 Å². The van der Waals surface area contributed by atoms with Crippen LogP contribution in [0.1, 0.15) is 44.3 Å². The van der Waals surface area contributed by atoms with Crippen LogP contribution in [0.15, 0.2) is 54.6 Å². The zero-order valence-electron chi connectivity index (χ0n) is 21.1. The van der Waals surface area contributed by atoms with E-state index in [9.17, 15) is 9.90 Å². The quantitative estimate of drug-likeness (QED) is 0.321. The first-order valence-electron chi connectivity index (χ1n) is 12.0. The summed E-state index contributed by atoms with van der Waals surface area (Å²) < 4.78 is 10.8. The fourth-order valence-corrected chi connectivity index (χ4v) is 5.03. The van der Waals surface area contributed by atoms with Gasteiger partial charge in [0.05, 0.1) is 20.3 Å². The van der Waals surface area contributed by atoms with Gasteiger partial charge in [0.2, 0.25) is 0 Å². The molecule has 190 valence electrons. The molecule has 0 fully saturated rings. The third kappa shape index (κ3) is 4.40. The van der Waals surface area contributed by atoms with Crippen LogP contribution in [0.3, 0.4) is 0 Å². The molecule has 1 atom stereocenters. The lowest BCUT2D eigenvalue weighted by Crippen LogP contribution is -2.31. The number of methoxy groups -OCH3 is 2. The minimum absolute atomic E-state index is 0.0649. The number of nitrogens with one attached hydrogen (secondary N) is 1. The normalized spacial score (nSPS) is 14.7. The molecule has 0 unspecified atom stereocenters. The average Bonchev–Trinajstić information content (AvgIpc) is 3.44. The molecule has 4 aromatic rings. The van der Waals surface area contributed by atoms with Crippen molar-refractivity contribution in [3.63, 3.8) is 0 Å². The van der Waals surface area contributed by atoms with Gasteiger partial charge in [-0.2, -0.15) is 5.10 Å². The van der Waals surface area contributed by atoms with Crippen LogP contribution in [-0.2, 0) is 6.42 Å². The number of aromatic hydroxyl groups is 1. The molecule has 8 heteroatoms. The second kappa shape index (κ2) is 9.82. The van der Waals surface area contributed by atoms with E-state index in [2.05, 4.69) is 10.2 Å². The highest BCUT2D eigenvalue weighted by Gasteiger charge is 2.42. The average molecular weight is 518 g/mol. The van der Waals surface area contributed by atoms with Gasteiger partial charge in [-0.15, -0.1) is 0 Å². The van der Waals surface area contributed by atoms with E-state index in [1.54, 1.807) is 26.4 Å². The van der Waals surface area contributed by atoms with E-state index in [0.29, 0.717) is 46.4 Å². The molecule has 0 bridgehead atoms. The van der Waals surface area contributed by atoms with Gasteiger partial charge >= 0.3 is 0 Å². The van der Waals surface area contributed by atoms with Gasteiger partial charge in [-0.25, -0.2) is 0 Å². The monoisotopic (exact) mass is 517 g/mol. The Kier molecular flexibility index (Phi) is 6.56. The van der Waals surface area contributed by atoms with Gasteiger partial charge in [0.15, 0.2) is 11.5 Å². The fraction of sp³-hybridized carbons (Fsp3) is 0.241. The highest BCUT2D eigenvalue weighted by atomic mass is 35.5. The number of nitrogens with zero attached hydrogens (tertiary/aromatic N) is 2. The number of hydrogen-bond donors (Lipinski definition) is 2. The Hall–Kier alpha value is -3.97. The predicted octanol–water partition coefficient (Wildman–Crippen LogP) is 5.86. The number of carbonyl (C=O) groups is 1. The lowest BCUT2D eigenvalue weighted by Gasteiger charge is -2.27. The van der Waals surface area contributed by atoms with Crippen molar-refractivity contribution in [2.75, 3.05) is 20.8 Å². The number of fused-ring (bicyclic) bond motifs is 1. The summed E-state index contributed by atoms with van der Waals surface area (Å²) in [5.41, 5.74) is 6.02. The minimum atomic E-state index is -0.378. The first kappa shape index (κ1) is 24.7. The Morgan fingerprint density at radius 3 is 2.46 bits per heavy atom. The molecule has 2 heterocycles. The molecule has 3 aromatic carbocycles. The van der Waals surface area contributed by atoms with Crippen LogP contribution in [0.25, 0.3) is 11.3 Å². The largest absolute Gasteiger partial charge is 0.507 e. The Bertz CT molecular complexity index is 1480. The van der Waals surface area contributed by atoms with Crippen molar-refractivity contribution in [1.82, 2.24) is 15.1 Å². The summed E-state index contributed by atoms with van der Waals surface area (Å²) in [6.45, 7) is 4.32. The highest BCUT2D eigenvalue weighted by Crippen LogP contribution is 2.45. The smallest absolute Gasteiger partial charge is 0.273 e. The number of halogens is 1. The number of aromatic amines is 1. The fourth-order valence-electron chi connectivity index (χ4n) is 4.87. The number of aromatic nitrogens is 2. The summed E-state index contributed by atoms with van der Waals surface area (Å²) in [5, 5.41) is 18.7. The zero-order valence-corrected chi connectivity index (χ0v) is 21.9. The van der Waals surface area contributed by atoms with Crippen LogP contribution in [0.2, 0.25) is 5.02 Å². The van der Waals surface area contributed by atoms with E-state index in [-0.39, 0.29) is 17.7 Å². The molecule has 1 amide bonds. The van der Waals surface area contributed by atoms with Crippen LogP contribution in [0, 0.1) is 13.8 Å². The van der Waals surface area contributed by atoms with Crippen LogP contribution >= 0.6 is 11.6 Å². The second-order valence-corrected chi connectivity index (χ2v) is 9.64. The number of phenols is 1. The highest BCUT2D eigenvalue weighted by molar-refractivity contribution is 6.31. The SMILES string of the molecule is COc1ccc(CCN2C(=O)c3[nH]nc(-c4cc(Cl)c(C)cc4O)c3[C@H]2c2ccc(C)cc2)cc1OC. The summed E-state index contributed by atoms with van der Waals surface area (Å²) >= 11 is 6.40. The zero-order chi connectivity index (χ0) is 26.3. The predicted molar refractivity (Wildman–Crippen MR) is 143 cm³/mol. The van der Waals surface area contributed by atoms with E-state index >= 15 is 0 Å². The molecule has 1 aromatic heterocycles. The number of phenolic OH excluding ortho intramolecular Hbond substituents is 1. The molecular weight excluding hydrogens is 490 g/mol. The molecule has 1 aliphatic rings. The molecule has 0 saturated heterocycles. The number of amides is 1. The summed E-state index contributed by atoms with van der Waals surface area (Å²) in [6, 6.07) is 16.8. The topological polar surface area (TPSA) is 87.7 Å². The Labute approximate surface area is 220 Å². The molecule has 2 N–H and O–H groups in total. The summed E-state index contributed by atoms with van der Waals surface area (Å²) in [5.74, 6) is 1.22. The Morgan fingerprint density at radius 1 is 1.03 bits per heavy atom. The van der Waals surface area contributed by atoms with Crippen LogP contribution in [0.4, 0.5) is 0 Å². The number of hydrogen-bond acceptors (Lipinski definition) is 5. The van der Waals surface area contributed by atoms with Crippen LogP contribution in [-0.4, -0.2) is 46.9 Å². The van der Waals surface area contributed by atoms with Gasteiger partial charge < -0.3 is 19.5 Å². The van der Waals surface area contributed by atoms with Gasteiger partial charge in [-0.05, 0) is 61.2 Å². The maximum atomic E-state index is 13.7. The van der Waals surface area contributed by atoms with Crippen LogP contribution in [0.5, 0.6) is 17.2 Å². The van der Waals surface area contributed by atoms with Crippen molar-refractivity contribution in [2.24, 2.45) is 0 Å². The van der Waals surface area contributed by atoms with Crippen molar-refractivity contribution in [2.45, 2.75) is 26.3 Å². The number of aryl methyl sites for hydroxylation is 2. The second-order valence-electron chi connectivity index (χ2n) is 9.23. The van der Waals surface area contributed by atoms with Gasteiger partial charge in [-0.3, -0.25) is 9.89 Å². The Morgan fingerprint density at radius 2 is 1.76 bits per heavy atom. The summed E-state index contributed by atoms with van der Waals surface area (Å²) in [6.07, 6.45) is 0.614. The molecule has 37 heavy (non-hydrogen) atoms. The third-order valence-electron chi connectivity index (χ3n) is 6.88. The van der Waals surface area contributed by atoms with E-state index < -0.39 is 0 Å². The maximum Gasteiger partial charge on any atom is 0.273 e. The molecular formula is C29H28ClN3O4. The molecule has 1 aliphatic heterocycles. The summed E-state index contributed by atoms with van der Waals surface area (Å²) in [4.78, 5) is 15.5. The lowest BCUT2D eigenvalue weighted by molar-refractivity contribution is 0.0746. The van der Waals surface area contributed by atoms with E-state index in [1.807, 2.05) is 61.2 Å². The van der Waals surface area contributed by atoms with Crippen molar-refractivity contribution in [3.8, 4) is 28.5 Å². The van der Waals surface area contributed by atoms with E-state index in [4.69, 9.17) is 21.1 Å². The van der Waals surface area contributed by atoms with Crippen molar-refractivity contribution in [3.05, 3.63) is 93.1 Å². The molecule has 0 saturated carbocycles. The minimum Gasteiger partial charge on any atom is -0.507 e. The van der Waals surface area contributed by atoms with Gasteiger partial charge in [0.1, 0.15) is 17.1 Å². The number of benzene rings is 3. The van der Waals surface area contributed by atoms with E-state index in [0.717, 1.165) is 27.8 Å². The number of rotatable bonds is 7. The number of ether oxygens (including phenoxy) is 2. The first-order chi connectivity index (χ1) is 17.8. The lowest BCUT2D eigenvalue weighted by atomic mass is 9.94. The molecule has 0 radical (unpaired) electrons. The van der Waals surface area contributed by atoms with Gasteiger partial charge in [0, 0.05) is 22.7 Å². The number of carbonyl (C=O) groups excluding carboxylic acids is 1. The Balaban J connectivity index is 1.56. The van der Waals surface area contributed by atoms with Crippen LogP contribution < -0.4 is 9.47 Å². The van der Waals surface area contributed by atoms with Gasteiger partial charge in [-0.1, -0.05) is 47.5 Å². The van der Waals surface area contributed by atoms with Gasteiger partial charge in [0.25, 0.3) is 5.91 Å². The first-order valence-corrected chi connectivity index (χ1v) is 12.4. The maximum absolute atomic E-state index is 13.7. The molecule has 0 aliphatic carbocycles. The molecule has 5 rings (SSSR count). The molecule has 0 spiro atoms. The molecule has 7 nitrogen and oxygen atoms in total. The third-order valence-corrected chi connectivity index (χ3v) is 7.29. The summed E-state index contributed by atoms with van der Waals surface area (Å²) in [7, 11) is 3.21. The van der Waals surface area contributed by atoms with E-state index in [1.165, 1.54) is 0 Å². The van der Waals surface area contributed by atoms with Crippen molar-refractivity contribution < 1.29 is 19.4 Å². The standard InChI is InChI=1S/C29H28ClN3O4/c1-16-5-8-19(9-6-16)28-25-26(20-15-21(30)17(2)13-22(20)34)31-32-27(25)29(35)33(28)12-11-18-7-10-23(36-3)24(14-18)37-4/h5-10,13-15,28,34H,11-12H2,1-4H3,(H,31,32)/t28-/m1/s1.